The maximum Gasteiger partial charge on any atom is 0.250 e. The molecule has 3 heterocycles. The zero-order valence-corrected chi connectivity index (χ0v) is 18.0. The third-order valence-electron chi connectivity index (χ3n) is 5.97. The summed E-state index contributed by atoms with van der Waals surface area (Å²) in [5.41, 5.74) is 10.9. The molecule has 5 rings (SSSR count). The number of benzene rings is 2. The lowest BCUT2D eigenvalue weighted by atomic mass is 10.1. The minimum atomic E-state index is -0.460. The van der Waals surface area contributed by atoms with Gasteiger partial charge in [-0.05, 0) is 37.8 Å². The van der Waals surface area contributed by atoms with Gasteiger partial charge in [-0.2, -0.15) is 0 Å². The lowest BCUT2D eigenvalue weighted by molar-refractivity contribution is 0.100. The molecule has 4 aromatic rings. The molecule has 0 bridgehead atoms. The smallest absolute Gasteiger partial charge is 0.250 e. The predicted molar refractivity (Wildman–Crippen MR) is 128 cm³/mol. The Morgan fingerprint density at radius 2 is 1.94 bits per heavy atom. The number of nitrogens with zero attached hydrogens (tertiary/aromatic N) is 2. The van der Waals surface area contributed by atoms with E-state index in [-0.39, 0.29) is 0 Å². The van der Waals surface area contributed by atoms with E-state index in [0.29, 0.717) is 17.9 Å². The first-order valence-electron chi connectivity index (χ1n) is 11.0. The van der Waals surface area contributed by atoms with Crippen LogP contribution in [-0.4, -0.2) is 27.4 Å². The number of H-pyrrole nitrogens is 1. The largest absolute Gasteiger partial charge is 0.370 e. The molecule has 1 aliphatic heterocycles. The first kappa shape index (κ1) is 20.1. The van der Waals surface area contributed by atoms with Crippen molar-refractivity contribution >= 4 is 28.4 Å². The summed E-state index contributed by atoms with van der Waals surface area (Å²) < 4.78 is 0. The summed E-state index contributed by atoms with van der Waals surface area (Å²) in [7, 11) is 0. The van der Waals surface area contributed by atoms with E-state index in [2.05, 4.69) is 27.8 Å². The maximum absolute atomic E-state index is 11.9. The standard InChI is InChI=1S/C25H26N6O/c1-15-20(17-11-7-12-18(22(26)32)21(17)29-15)25-30-23-19(10-5-6-13-27-23)24(31-25)28-14-16-8-3-2-4-9-16/h2-4,7-9,11-12,29H,5-6,10,13-14H2,1H3,(H2,26,32)(H2,27,28,30,31). The Morgan fingerprint density at radius 3 is 2.75 bits per heavy atom. The fourth-order valence-corrected chi connectivity index (χ4v) is 4.38. The van der Waals surface area contributed by atoms with Crippen LogP contribution in [0.3, 0.4) is 0 Å². The van der Waals surface area contributed by atoms with Gasteiger partial charge in [-0.3, -0.25) is 4.79 Å². The number of nitrogens with one attached hydrogen (secondary N) is 3. The number of para-hydroxylation sites is 1. The van der Waals surface area contributed by atoms with Gasteiger partial charge in [0, 0.05) is 35.3 Å². The van der Waals surface area contributed by atoms with E-state index in [1.165, 1.54) is 5.56 Å². The van der Waals surface area contributed by atoms with Crippen LogP contribution in [-0.2, 0) is 13.0 Å². The van der Waals surface area contributed by atoms with E-state index in [0.717, 1.165) is 65.2 Å². The number of fused-ring (bicyclic) bond motifs is 2. The van der Waals surface area contributed by atoms with E-state index in [4.69, 9.17) is 15.7 Å². The lowest BCUT2D eigenvalue weighted by Gasteiger charge is -2.16. The number of nitrogens with two attached hydrogens (primary N) is 1. The van der Waals surface area contributed by atoms with E-state index < -0.39 is 5.91 Å². The van der Waals surface area contributed by atoms with Gasteiger partial charge in [-0.15, -0.1) is 0 Å². The first-order chi connectivity index (χ1) is 15.6. The molecule has 32 heavy (non-hydrogen) atoms. The summed E-state index contributed by atoms with van der Waals surface area (Å²) in [4.78, 5) is 25.1. The highest BCUT2D eigenvalue weighted by molar-refractivity contribution is 6.09. The summed E-state index contributed by atoms with van der Waals surface area (Å²) in [6, 6.07) is 15.8. The van der Waals surface area contributed by atoms with Gasteiger partial charge in [0.2, 0.25) is 0 Å². The zero-order chi connectivity index (χ0) is 22.1. The van der Waals surface area contributed by atoms with Gasteiger partial charge in [-0.1, -0.05) is 42.5 Å². The van der Waals surface area contributed by atoms with Crippen LogP contribution >= 0.6 is 0 Å². The number of amides is 1. The predicted octanol–water partition coefficient (Wildman–Crippen LogP) is 4.39. The maximum atomic E-state index is 11.9. The van der Waals surface area contributed by atoms with Crippen LogP contribution in [0.4, 0.5) is 11.6 Å². The average Bonchev–Trinajstić information content (AvgIpc) is 2.96. The number of aryl methyl sites for hydroxylation is 1. The van der Waals surface area contributed by atoms with Gasteiger partial charge >= 0.3 is 0 Å². The number of aromatic nitrogens is 3. The van der Waals surface area contributed by atoms with Crippen molar-refractivity contribution in [3.63, 3.8) is 0 Å². The molecular weight excluding hydrogens is 400 g/mol. The van der Waals surface area contributed by atoms with Gasteiger partial charge in [0.1, 0.15) is 11.6 Å². The van der Waals surface area contributed by atoms with Crippen LogP contribution in [0.25, 0.3) is 22.3 Å². The second-order valence-electron chi connectivity index (χ2n) is 8.16. The third-order valence-corrected chi connectivity index (χ3v) is 5.97. The van der Waals surface area contributed by atoms with E-state index >= 15 is 0 Å². The van der Waals surface area contributed by atoms with Crippen molar-refractivity contribution in [3.05, 3.63) is 70.9 Å². The molecule has 0 unspecified atom stereocenters. The molecule has 0 saturated heterocycles. The number of carbonyl (C=O) groups is 1. The minimum absolute atomic E-state index is 0.460. The van der Waals surface area contributed by atoms with Gasteiger partial charge in [0.05, 0.1) is 11.1 Å². The number of anilines is 2. The monoisotopic (exact) mass is 426 g/mol. The fraction of sp³-hybridized carbons (Fsp3) is 0.240. The molecule has 5 N–H and O–H groups in total. The highest BCUT2D eigenvalue weighted by atomic mass is 16.1. The molecule has 162 valence electrons. The number of primary amides is 1. The lowest BCUT2D eigenvalue weighted by Crippen LogP contribution is -2.11. The SMILES string of the molecule is Cc1[nH]c2c(C(N)=O)cccc2c1-c1nc2c(c(NCc3ccccc3)n1)CCCCN2. The summed E-state index contributed by atoms with van der Waals surface area (Å²) in [6.07, 6.45) is 3.12. The van der Waals surface area contributed by atoms with Gasteiger partial charge in [-0.25, -0.2) is 9.97 Å². The number of hydrogen-bond donors (Lipinski definition) is 4. The molecule has 0 fully saturated rings. The molecule has 1 aliphatic rings. The van der Waals surface area contributed by atoms with Crippen molar-refractivity contribution in [2.45, 2.75) is 32.7 Å². The van der Waals surface area contributed by atoms with Crippen LogP contribution < -0.4 is 16.4 Å². The molecular formula is C25H26N6O. The molecule has 0 aliphatic carbocycles. The molecule has 0 atom stereocenters. The second kappa shape index (κ2) is 8.34. The topological polar surface area (TPSA) is 109 Å². The van der Waals surface area contributed by atoms with Crippen LogP contribution in [0.15, 0.2) is 48.5 Å². The zero-order valence-electron chi connectivity index (χ0n) is 18.0. The van der Waals surface area contributed by atoms with Crippen molar-refractivity contribution in [1.82, 2.24) is 15.0 Å². The van der Waals surface area contributed by atoms with Crippen molar-refractivity contribution in [2.24, 2.45) is 5.73 Å². The Balaban J connectivity index is 1.63. The fourth-order valence-electron chi connectivity index (χ4n) is 4.38. The summed E-state index contributed by atoms with van der Waals surface area (Å²) in [5, 5.41) is 7.92. The molecule has 7 nitrogen and oxygen atoms in total. The van der Waals surface area contributed by atoms with Gasteiger partial charge in [0.25, 0.3) is 5.91 Å². The third kappa shape index (κ3) is 3.66. The highest BCUT2D eigenvalue weighted by Crippen LogP contribution is 2.35. The molecule has 2 aromatic heterocycles. The number of aromatic amines is 1. The minimum Gasteiger partial charge on any atom is -0.370 e. The van der Waals surface area contributed by atoms with Gasteiger partial charge < -0.3 is 21.4 Å². The molecule has 1 amide bonds. The Bertz CT molecular complexity index is 1300. The number of carbonyl (C=O) groups excluding carboxylic acids is 1. The summed E-state index contributed by atoms with van der Waals surface area (Å²) in [5.74, 6) is 1.89. The van der Waals surface area contributed by atoms with Crippen LogP contribution in [0.5, 0.6) is 0 Å². The van der Waals surface area contributed by atoms with Crippen LogP contribution in [0.2, 0.25) is 0 Å². The molecule has 7 heteroatoms. The quantitative estimate of drug-likeness (QED) is 0.378. The van der Waals surface area contributed by atoms with E-state index in [9.17, 15) is 4.79 Å². The Morgan fingerprint density at radius 1 is 1.09 bits per heavy atom. The summed E-state index contributed by atoms with van der Waals surface area (Å²) in [6.45, 7) is 3.54. The highest BCUT2D eigenvalue weighted by Gasteiger charge is 2.22. The first-order valence-corrected chi connectivity index (χ1v) is 11.0. The van der Waals surface area contributed by atoms with Crippen LogP contribution in [0, 0.1) is 6.92 Å². The normalized spacial score (nSPS) is 13.3. The average molecular weight is 427 g/mol. The van der Waals surface area contributed by atoms with E-state index in [1.807, 2.05) is 37.3 Å². The second-order valence-corrected chi connectivity index (χ2v) is 8.16. The Labute approximate surface area is 186 Å². The Kier molecular flexibility index (Phi) is 5.23. The van der Waals surface area contributed by atoms with Crippen molar-refractivity contribution in [1.29, 1.82) is 0 Å². The number of rotatable bonds is 5. The Hall–Kier alpha value is -3.87. The molecule has 0 saturated carbocycles. The molecule has 0 spiro atoms. The van der Waals surface area contributed by atoms with Gasteiger partial charge in [0.15, 0.2) is 5.82 Å². The van der Waals surface area contributed by atoms with Crippen molar-refractivity contribution in [3.8, 4) is 11.4 Å². The van der Waals surface area contributed by atoms with Crippen LogP contribution in [0.1, 0.15) is 40.0 Å². The van der Waals surface area contributed by atoms with E-state index in [1.54, 1.807) is 6.07 Å². The van der Waals surface area contributed by atoms with Crippen molar-refractivity contribution < 1.29 is 4.79 Å². The number of hydrogen-bond acceptors (Lipinski definition) is 5. The molecule has 2 aromatic carbocycles. The molecule has 0 radical (unpaired) electrons. The summed E-state index contributed by atoms with van der Waals surface area (Å²) >= 11 is 0. The van der Waals surface area contributed by atoms with Crippen molar-refractivity contribution in [2.75, 3.05) is 17.2 Å².